The van der Waals surface area contributed by atoms with Gasteiger partial charge in [0, 0.05) is 34.9 Å². The van der Waals surface area contributed by atoms with E-state index >= 15 is 0 Å². The zero-order valence-electron chi connectivity index (χ0n) is 18.8. The molecule has 3 aromatic rings. The SMILES string of the molecule is Cc1cc(C)nc(-n2nc(C)c(CC(=O)N3CCCc4cc(OC(F)(F)F)ccc43)c2C)n1. The first kappa shape index (κ1) is 22.8. The van der Waals surface area contributed by atoms with Crippen molar-refractivity contribution in [2.75, 3.05) is 11.4 Å². The number of aromatic nitrogens is 4. The lowest BCUT2D eigenvalue weighted by Crippen LogP contribution is -2.36. The predicted octanol–water partition coefficient (Wildman–Crippen LogP) is 4.32. The van der Waals surface area contributed by atoms with Crippen molar-refractivity contribution < 1.29 is 22.7 Å². The van der Waals surface area contributed by atoms with E-state index in [1.54, 1.807) is 9.58 Å². The highest BCUT2D eigenvalue weighted by Gasteiger charge is 2.32. The summed E-state index contributed by atoms with van der Waals surface area (Å²) in [5, 5.41) is 4.55. The van der Waals surface area contributed by atoms with Crippen LogP contribution < -0.4 is 9.64 Å². The number of anilines is 1. The fraction of sp³-hybridized carbons (Fsp3) is 0.391. The van der Waals surface area contributed by atoms with Gasteiger partial charge in [-0.1, -0.05) is 0 Å². The van der Waals surface area contributed by atoms with Crippen LogP contribution in [0, 0.1) is 27.7 Å². The van der Waals surface area contributed by atoms with Crippen LogP contribution in [-0.2, 0) is 17.6 Å². The van der Waals surface area contributed by atoms with Crippen LogP contribution in [0.4, 0.5) is 18.9 Å². The molecule has 7 nitrogen and oxygen atoms in total. The molecule has 174 valence electrons. The molecule has 2 aromatic heterocycles. The minimum atomic E-state index is -4.76. The Morgan fingerprint density at radius 2 is 1.79 bits per heavy atom. The number of carbonyl (C=O) groups is 1. The van der Waals surface area contributed by atoms with E-state index in [1.807, 2.05) is 33.8 Å². The van der Waals surface area contributed by atoms with Crippen molar-refractivity contribution in [1.82, 2.24) is 19.7 Å². The number of alkyl halides is 3. The molecule has 10 heteroatoms. The summed E-state index contributed by atoms with van der Waals surface area (Å²) in [6, 6.07) is 5.98. The van der Waals surface area contributed by atoms with Crippen LogP contribution in [0.2, 0.25) is 0 Å². The van der Waals surface area contributed by atoms with Gasteiger partial charge in [-0.2, -0.15) is 5.10 Å². The third-order valence-electron chi connectivity index (χ3n) is 5.63. The molecular formula is C23H24F3N5O2. The molecule has 0 aliphatic carbocycles. The largest absolute Gasteiger partial charge is 0.573 e. The van der Waals surface area contributed by atoms with E-state index in [4.69, 9.17) is 0 Å². The van der Waals surface area contributed by atoms with Crippen molar-refractivity contribution in [2.24, 2.45) is 0 Å². The third kappa shape index (κ3) is 4.84. The van der Waals surface area contributed by atoms with Gasteiger partial charge >= 0.3 is 6.36 Å². The van der Waals surface area contributed by atoms with E-state index in [0.717, 1.165) is 22.6 Å². The molecule has 4 rings (SSSR count). The van der Waals surface area contributed by atoms with Gasteiger partial charge in [0.05, 0.1) is 12.1 Å². The monoisotopic (exact) mass is 459 g/mol. The second-order valence-corrected chi connectivity index (χ2v) is 8.18. The Balaban J connectivity index is 1.59. The van der Waals surface area contributed by atoms with Gasteiger partial charge < -0.3 is 9.64 Å². The quantitative estimate of drug-likeness (QED) is 0.581. The fourth-order valence-corrected chi connectivity index (χ4v) is 4.20. The lowest BCUT2D eigenvalue weighted by atomic mass is 10.00. The average molecular weight is 459 g/mol. The summed E-state index contributed by atoms with van der Waals surface area (Å²) in [6.45, 7) is 7.96. The van der Waals surface area contributed by atoms with E-state index in [1.165, 1.54) is 18.2 Å². The van der Waals surface area contributed by atoms with Crippen molar-refractivity contribution in [3.63, 3.8) is 0 Å². The summed E-state index contributed by atoms with van der Waals surface area (Å²) in [4.78, 5) is 23.8. The molecule has 0 radical (unpaired) electrons. The van der Waals surface area contributed by atoms with Crippen molar-refractivity contribution in [1.29, 1.82) is 0 Å². The van der Waals surface area contributed by atoms with E-state index in [2.05, 4.69) is 19.8 Å². The molecular weight excluding hydrogens is 435 g/mol. The number of ether oxygens (including phenoxy) is 1. The molecule has 1 aliphatic rings. The van der Waals surface area contributed by atoms with Crippen LogP contribution >= 0.6 is 0 Å². The molecule has 3 heterocycles. The highest BCUT2D eigenvalue weighted by molar-refractivity contribution is 5.96. The Kier molecular flexibility index (Phi) is 5.85. The number of carbonyl (C=O) groups excluding carboxylic acids is 1. The molecule has 0 fully saturated rings. The average Bonchev–Trinajstić information content (AvgIpc) is 2.99. The Morgan fingerprint density at radius 1 is 1.09 bits per heavy atom. The zero-order chi connectivity index (χ0) is 23.9. The van der Waals surface area contributed by atoms with Gasteiger partial charge in [0.15, 0.2) is 0 Å². The highest BCUT2D eigenvalue weighted by atomic mass is 19.4. The molecule has 0 bridgehead atoms. The number of halogens is 3. The van der Waals surface area contributed by atoms with Gasteiger partial charge in [0.2, 0.25) is 5.91 Å². The summed E-state index contributed by atoms with van der Waals surface area (Å²) in [7, 11) is 0. The highest BCUT2D eigenvalue weighted by Crippen LogP contribution is 2.33. The molecule has 1 aliphatic heterocycles. The summed E-state index contributed by atoms with van der Waals surface area (Å²) in [6.07, 6.45) is -3.41. The molecule has 0 N–H and O–H groups in total. The molecule has 0 spiro atoms. The normalized spacial score (nSPS) is 13.7. The van der Waals surface area contributed by atoms with Crippen LogP contribution in [0.1, 0.15) is 40.3 Å². The molecule has 1 amide bonds. The van der Waals surface area contributed by atoms with Gasteiger partial charge in [0.25, 0.3) is 5.95 Å². The summed E-state index contributed by atoms with van der Waals surface area (Å²) in [5.74, 6) is 0.0248. The lowest BCUT2D eigenvalue weighted by molar-refractivity contribution is -0.274. The Hall–Kier alpha value is -3.43. The minimum Gasteiger partial charge on any atom is -0.406 e. The number of benzene rings is 1. The number of hydrogen-bond acceptors (Lipinski definition) is 5. The third-order valence-corrected chi connectivity index (χ3v) is 5.63. The minimum absolute atomic E-state index is 0.114. The van der Waals surface area contributed by atoms with E-state index < -0.39 is 6.36 Å². The number of aryl methyl sites for hydroxylation is 4. The Bertz CT molecular complexity index is 1200. The maximum Gasteiger partial charge on any atom is 0.573 e. The second kappa shape index (κ2) is 8.49. The molecule has 0 unspecified atom stereocenters. The maximum atomic E-state index is 13.2. The number of amides is 1. The number of nitrogens with zero attached hydrogens (tertiary/aromatic N) is 5. The summed E-state index contributed by atoms with van der Waals surface area (Å²) in [5.41, 5.74) is 5.17. The second-order valence-electron chi connectivity index (χ2n) is 8.18. The van der Waals surface area contributed by atoms with E-state index in [-0.39, 0.29) is 18.1 Å². The summed E-state index contributed by atoms with van der Waals surface area (Å²) < 4.78 is 43.4. The fourth-order valence-electron chi connectivity index (χ4n) is 4.20. The summed E-state index contributed by atoms with van der Waals surface area (Å²) >= 11 is 0. The first-order valence-electron chi connectivity index (χ1n) is 10.6. The van der Waals surface area contributed by atoms with Gasteiger partial charge in [0.1, 0.15) is 5.75 Å². The predicted molar refractivity (Wildman–Crippen MR) is 116 cm³/mol. The number of hydrogen-bond donors (Lipinski definition) is 0. The molecule has 1 aromatic carbocycles. The molecule has 0 saturated carbocycles. The number of rotatable bonds is 4. The first-order valence-corrected chi connectivity index (χ1v) is 10.6. The van der Waals surface area contributed by atoms with E-state index in [0.29, 0.717) is 42.3 Å². The smallest absolute Gasteiger partial charge is 0.406 e. The lowest BCUT2D eigenvalue weighted by Gasteiger charge is -2.30. The van der Waals surface area contributed by atoms with Crippen molar-refractivity contribution in [3.05, 3.63) is 58.2 Å². The van der Waals surface area contributed by atoms with Crippen LogP contribution in [-0.4, -0.2) is 38.6 Å². The van der Waals surface area contributed by atoms with Crippen LogP contribution in [0.3, 0.4) is 0 Å². The molecule has 33 heavy (non-hydrogen) atoms. The van der Waals surface area contributed by atoms with Gasteiger partial charge in [-0.05, 0) is 70.4 Å². The van der Waals surface area contributed by atoms with Crippen LogP contribution in [0.15, 0.2) is 24.3 Å². The van der Waals surface area contributed by atoms with Gasteiger partial charge in [-0.25, -0.2) is 14.6 Å². The van der Waals surface area contributed by atoms with Gasteiger partial charge in [-0.15, -0.1) is 13.2 Å². The topological polar surface area (TPSA) is 73.1 Å². The first-order chi connectivity index (χ1) is 15.5. The van der Waals surface area contributed by atoms with Crippen molar-refractivity contribution >= 4 is 11.6 Å². The van der Waals surface area contributed by atoms with E-state index in [9.17, 15) is 18.0 Å². The van der Waals surface area contributed by atoms with Gasteiger partial charge in [-0.3, -0.25) is 4.79 Å². The maximum absolute atomic E-state index is 13.2. The Labute approximate surface area is 189 Å². The zero-order valence-corrected chi connectivity index (χ0v) is 18.8. The van der Waals surface area contributed by atoms with Crippen LogP contribution in [0.25, 0.3) is 5.95 Å². The molecule has 0 saturated heterocycles. The standard InChI is InChI=1S/C23H24F3N5O2/c1-13-10-14(2)28-22(27-13)31-16(4)19(15(3)29-31)12-21(32)30-9-5-6-17-11-18(7-8-20(17)30)33-23(24,25)26/h7-8,10-11H,5-6,9,12H2,1-4H3. The van der Waals surface area contributed by atoms with Crippen LogP contribution in [0.5, 0.6) is 5.75 Å². The van der Waals surface area contributed by atoms with Crippen molar-refractivity contribution in [2.45, 2.75) is 53.3 Å². The Morgan fingerprint density at radius 3 is 2.45 bits per heavy atom. The molecule has 0 atom stereocenters. The van der Waals surface area contributed by atoms with Crippen molar-refractivity contribution in [3.8, 4) is 11.7 Å². The number of fused-ring (bicyclic) bond motifs is 1.